The van der Waals surface area contributed by atoms with Crippen LogP contribution in [-0.2, 0) is 54.1 Å². The van der Waals surface area contributed by atoms with Crippen molar-refractivity contribution in [3.8, 4) is 9.75 Å². The van der Waals surface area contributed by atoms with Gasteiger partial charge in [-0.25, -0.2) is 0 Å². The fraction of sp³-hybridized carbons (Fsp3) is 0.333. The predicted octanol–water partition coefficient (Wildman–Crippen LogP) is 37.4. The molecule has 0 amide bonds. The van der Waals surface area contributed by atoms with Gasteiger partial charge in [0.15, 0.2) is 0 Å². The van der Waals surface area contributed by atoms with E-state index in [0.29, 0.717) is 0 Å². The zero-order chi connectivity index (χ0) is 85.2. The van der Waals surface area contributed by atoms with Crippen molar-refractivity contribution in [2.45, 2.75) is 262 Å². The maximum Gasteiger partial charge on any atom is 0.0541 e. The Hall–Kier alpha value is -9.96. The van der Waals surface area contributed by atoms with E-state index in [1.54, 1.807) is 0 Å². The molecule has 602 valence electrons. The zero-order valence-electron chi connectivity index (χ0n) is 77.4. The molecular formula is C120H110S2. The summed E-state index contributed by atoms with van der Waals surface area (Å²) in [5.41, 5.74) is 12.4. The number of fused-ring (bicyclic) bond motifs is 12. The lowest BCUT2D eigenvalue weighted by Crippen LogP contribution is -2.14. The highest BCUT2D eigenvalue weighted by atomic mass is 32.1. The van der Waals surface area contributed by atoms with Gasteiger partial charge in [-0.15, -0.1) is 22.7 Å². The van der Waals surface area contributed by atoms with E-state index in [1.807, 2.05) is 0 Å². The number of hydrogen-bond donors (Lipinski definition) is 0. The highest BCUT2D eigenvalue weighted by Crippen LogP contribution is 2.69. The Balaban J connectivity index is 0.985. The van der Waals surface area contributed by atoms with Crippen LogP contribution in [0.1, 0.15) is 263 Å². The second-order valence-corrected chi connectivity index (χ2v) is 51.5. The molecule has 0 bridgehead atoms. The van der Waals surface area contributed by atoms with Gasteiger partial charge in [0, 0.05) is 63.3 Å². The van der Waals surface area contributed by atoms with Gasteiger partial charge in [-0.2, -0.15) is 0 Å². The Bertz CT molecular complexity index is 8520. The van der Waals surface area contributed by atoms with Gasteiger partial charge >= 0.3 is 0 Å². The molecule has 2 aromatic heterocycles. The van der Waals surface area contributed by atoms with Crippen molar-refractivity contribution in [3.63, 3.8) is 0 Å². The number of benzene rings is 24. The van der Waals surface area contributed by atoms with Crippen LogP contribution in [0.2, 0.25) is 0 Å². The molecular weight excluding hydrogens is 1510 g/mol. The summed E-state index contributed by atoms with van der Waals surface area (Å²) in [6, 6.07) is 54.0. The molecule has 26 aromatic rings. The monoisotopic (exact) mass is 1610 g/mol. The Kier molecular flexibility index (Phi) is 12.8. The standard InChI is InChI=1S/C120H110S2/c1-111(2,3)51-31-61-65-35-53(113(7,8)9)39-69-73-43-57(117(19,20)21)47-77-87(73)99-95(83(65)69)93-81(61)63(33-51)67-37-55(115(13,14)15)41-71-75-45-59(119(25,26)27)49-79-89(75)101(97(93)85(67)71)103(99)105-91(77)109(121-107(79)105)110-92-78-48-58(118(22,23)24)44-74-70-40-54(114(10,11)12)36-66-62-32-52(112(4,5)6)34-64-68-38-56(116(16,17)18)42-72-76-46-60(120(28,29)30)50-80-90(76)102-98(86(68)72)94(82(62)64)96(84(66)70)100(88(74)78)104(102)106(92)108(80)122-110/h31-50H,1-30H3. The molecule has 0 saturated carbocycles. The molecule has 0 atom stereocenters. The van der Waals surface area contributed by atoms with Gasteiger partial charge in [0.25, 0.3) is 0 Å². The van der Waals surface area contributed by atoms with E-state index in [4.69, 9.17) is 0 Å². The molecule has 0 saturated heterocycles. The fourth-order valence-corrected chi connectivity index (χ4v) is 27.5. The molecule has 0 N–H and O–H groups in total. The smallest absolute Gasteiger partial charge is 0.0541 e. The summed E-state index contributed by atoms with van der Waals surface area (Å²) in [7, 11) is 0. The maximum absolute atomic E-state index is 2.76. The van der Waals surface area contributed by atoms with Gasteiger partial charge in [0.05, 0.1) is 9.75 Å². The molecule has 0 unspecified atom stereocenters. The first-order valence-electron chi connectivity index (χ1n) is 45.6. The van der Waals surface area contributed by atoms with Crippen molar-refractivity contribution in [2.75, 3.05) is 0 Å². The first-order chi connectivity index (χ1) is 56.8. The Labute approximate surface area is 722 Å². The molecule has 0 nitrogen and oxygen atoms in total. The summed E-state index contributed by atoms with van der Waals surface area (Å²) in [5, 5.41) is 65.9. The minimum Gasteiger partial charge on any atom is -0.133 e. The molecule has 0 radical (unpaired) electrons. The van der Waals surface area contributed by atoms with Crippen LogP contribution >= 0.6 is 22.7 Å². The summed E-state index contributed by atoms with van der Waals surface area (Å²) in [6.45, 7) is 73.9. The van der Waals surface area contributed by atoms with E-state index >= 15 is 0 Å². The van der Waals surface area contributed by atoms with Crippen LogP contribution in [0, 0.1) is 0 Å². The Morgan fingerprint density at radius 1 is 0.115 bits per heavy atom. The molecule has 0 fully saturated rings. The van der Waals surface area contributed by atoms with Gasteiger partial charge in [-0.05, 0) is 425 Å². The third-order valence-electron chi connectivity index (χ3n) is 31.4. The lowest BCUT2D eigenvalue weighted by atomic mass is 9.70. The first-order valence-corrected chi connectivity index (χ1v) is 47.2. The van der Waals surface area contributed by atoms with E-state index in [1.165, 1.54) is 323 Å². The molecule has 24 aromatic carbocycles. The minimum absolute atomic E-state index is 0.119. The van der Waals surface area contributed by atoms with Gasteiger partial charge in [0.1, 0.15) is 0 Å². The van der Waals surface area contributed by atoms with Crippen LogP contribution in [0.4, 0.5) is 0 Å². The van der Waals surface area contributed by atoms with Crippen LogP contribution in [0.15, 0.2) is 121 Å². The predicted molar refractivity (Wildman–Crippen MR) is 549 cm³/mol. The Morgan fingerprint density at radius 2 is 0.221 bits per heavy atom. The van der Waals surface area contributed by atoms with Gasteiger partial charge in [-0.3, -0.25) is 0 Å². The summed E-state index contributed by atoms with van der Waals surface area (Å²) in [4.78, 5) is 2.84. The molecule has 122 heavy (non-hydrogen) atoms. The van der Waals surface area contributed by atoms with Crippen molar-refractivity contribution < 1.29 is 0 Å². The minimum atomic E-state index is -0.202. The van der Waals surface area contributed by atoms with E-state index in [-0.39, 0.29) is 54.1 Å². The summed E-state index contributed by atoms with van der Waals surface area (Å²) in [6.07, 6.45) is 0. The first kappa shape index (κ1) is 73.6. The maximum atomic E-state index is 2.76. The van der Waals surface area contributed by atoms with Crippen LogP contribution in [-0.4, -0.2) is 0 Å². The second-order valence-electron chi connectivity index (χ2n) is 49.5. The second kappa shape index (κ2) is 21.2. The summed E-state index contributed by atoms with van der Waals surface area (Å²) >= 11 is 4.34. The van der Waals surface area contributed by atoms with Gasteiger partial charge < -0.3 is 0 Å². The zero-order valence-corrected chi connectivity index (χ0v) is 79.0. The molecule has 0 aliphatic heterocycles. The number of rotatable bonds is 1. The summed E-state index contributed by atoms with van der Waals surface area (Å²) in [5.74, 6) is 0. The van der Waals surface area contributed by atoms with Gasteiger partial charge in [0.2, 0.25) is 0 Å². The average molecular weight is 1620 g/mol. The van der Waals surface area contributed by atoms with E-state index < -0.39 is 0 Å². The van der Waals surface area contributed by atoms with Crippen molar-refractivity contribution >= 4 is 280 Å². The SMILES string of the molecule is CC(C)(C)c1cc2c3cc(C(C)(C)C)cc4c5cc(C(C)(C)C)cc6c7sc(-c8sc9c%10cc(C(C)(C)C)cc%11c%12cc(C(C)(C)C)cc%13c%14cc(C(C)(C)C)cc%15c%16cc(C(C)(C)C)cc%17c%18cc(C(C)(C)C)cc%19c8c9c8c(c%11%10)c(c%13%12)c(c%14%15)c(c%16%17)c8c%18%19)c8c9cc(C(C)(C)C)cc%10c%11cc(C(C)(C)C)cc%12c(c1)c2c1c(c34)c(c56)c(c78)c(c%109)c1c%12%11. The van der Waals surface area contributed by atoms with E-state index in [9.17, 15) is 0 Å². The third-order valence-corrected chi connectivity index (χ3v) is 34.0. The molecule has 2 heterocycles. The lowest BCUT2D eigenvalue weighted by molar-refractivity contribution is 0.591. The summed E-state index contributed by atoms with van der Waals surface area (Å²) < 4.78 is 2.86. The van der Waals surface area contributed by atoms with Crippen LogP contribution in [0.25, 0.3) is 267 Å². The third kappa shape index (κ3) is 8.60. The van der Waals surface area contributed by atoms with Crippen molar-refractivity contribution in [3.05, 3.63) is 177 Å². The fourth-order valence-electron chi connectivity index (χ4n) is 24.6. The highest BCUT2D eigenvalue weighted by molar-refractivity contribution is 7.31. The van der Waals surface area contributed by atoms with Crippen molar-refractivity contribution in [2.24, 2.45) is 0 Å². The topological polar surface area (TPSA) is 0 Å². The molecule has 0 aliphatic carbocycles. The number of thiophene rings is 2. The molecule has 2 heteroatoms. The van der Waals surface area contributed by atoms with Crippen LogP contribution in [0.3, 0.4) is 0 Å². The lowest BCUT2D eigenvalue weighted by Gasteiger charge is -2.32. The van der Waals surface area contributed by atoms with Crippen molar-refractivity contribution in [1.82, 2.24) is 0 Å². The normalized spacial score (nSPS) is 15.0. The molecule has 0 spiro atoms. The van der Waals surface area contributed by atoms with E-state index in [2.05, 4.69) is 352 Å². The van der Waals surface area contributed by atoms with Crippen LogP contribution < -0.4 is 0 Å². The van der Waals surface area contributed by atoms with E-state index in [0.717, 1.165) is 0 Å². The highest BCUT2D eigenvalue weighted by Gasteiger charge is 2.42. The quantitative estimate of drug-likeness (QED) is 0.114. The molecule has 0 aliphatic rings. The molecule has 26 rings (SSSR count). The van der Waals surface area contributed by atoms with Crippen LogP contribution in [0.5, 0.6) is 0 Å². The van der Waals surface area contributed by atoms with Crippen molar-refractivity contribution in [1.29, 1.82) is 0 Å². The number of hydrogen-bond acceptors (Lipinski definition) is 2. The average Bonchev–Trinajstić information content (AvgIpc) is 1.10. The largest absolute Gasteiger partial charge is 0.133 e. The Morgan fingerprint density at radius 3 is 0.361 bits per heavy atom. The van der Waals surface area contributed by atoms with Gasteiger partial charge in [-0.1, -0.05) is 208 Å².